The Kier molecular flexibility index (Phi) is 5.35. The fraction of sp³-hybridized carbons (Fsp3) is 0.158. The van der Waals surface area contributed by atoms with Crippen LogP contribution in [-0.2, 0) is 6.18 Å². The van der Waals surface area contributed by atoms with Crippen molar-refractivity contribution in [3.8, 4) is 11.6 Å². The van der Waals surface area contributed by atoms with Crippen LogP contribution in [0.3, 0.4) is 0 Å². The van der Waals surface area contributed by atoms with Crippen molar-refractivity contribution in [3.63, 3.8) is 0 Å². The van der Waals surface area contributed by atoms with E-state index in [2.05, 4.69) is 15.3 Å². The molecule has 0 spiro atoms. The van der Waals surface area contributed by atoms with Crippen LogP contribution < -0.4 is 10.1 Å². The average Bonchev–Trinajstić information content (AvgIpc) is 2.64. The lowest BCUT2D eigenvalue weighted by atomic mass is 10.1. The first-order valence-electron chi connectivity index (χ1n) is 8.34. The summed E-state index contributed by atoms with van der Waals surface area (Å²) in [5.74, 6) is -0.502. The number of hydrogen-bond acceptors (Lipinski definition) is 6. The van der Waals surface area contributed by atoms with E-state index in [1.54, 1.807) is 18.2 Å². The van der Waals surface area contributed by atoms with Crippen LogP contribution in [0, 0.1) is 24.0 Å². The van der Waals surface area contributed by atoms with Crippen LogP contribution in [0.5, 0.6) is 11.6 Å². The summed E-state index contributed by atoms with van der Waals surface area (Å²) in [5, 5.41) is 14.0. The zero-order valence-corrected chi connectivity index (χ0v) is 15.3. The second-order valence-corrected chi connectivity index (χ2v) is 6.15. The molecule has 1 heterocycles. The first kappa shape index (κ1) is 20.1. The van der Waals surface area contributed by atoms with Crippen LogP contribution in [0.4, 0.5) is 30.4 Å². The molecule has 0 saturated heterocycles. The lowest BCUT2D eigenvalue weighted by Gasteiger charge is -2.14. The van der Waals surface area contributed by atoms with Gasteiger partial charge in [0.05, 0.1) is 16.2 Å². The van der Waals surface area contributed by atoms with E-state index in [4.69, 9.17) is 4.74 Å². The maximum atomic E-state index is 13.2. The third-order valence-electron chi connectivity index (χ3n) is 4.15. The number of benzene rings is 2. The first-order valence-corrected chi connectivity index (χ1v) is 8.34. The van der Waals surface area contributed by atoms with E-state index in [9.17, 15) is 23.3 Å². The summed E-state index contributed by atoms with van der Waals surface area (Å²) >= 11 is 0. The third-order valence-corrected chi connectivity index (χ3v) is 4.15. The molecule has 0 radical (unpaired) electrons. The van der Waals surface area contributed by atoms with Gasteiger partial charge in [-0.2, -0.15) is 18.2 Å². The Labute approximate surface area is 163 Å². The minimum absolute atomic E-state index is 0.302. The zero-order valence-electron chi connectivity index (χ0n) is 15.3. The minimum atomic E-state index is -4.65. The van der Waals surface area contributed by atoms with E-state index in [0.717, 1.165) is 29.6 Å². The lowest BCUT2D eigenvalue weighted by Crippen LogP contribution is -2.10. The normalized spacial score (nSPS) is 11.2. The van der Waals surface area contributed by atoms with Gasteiger partial charge in [0.2, 0.25) is 5.82 Å². The number of nitrogens with one attached hydrogen (secondary N) is 1. The minimum Gasteiger partial charge on any atom is -0.434 e. The Morgan fingerprint density at radius 2 is 1.79 bits per heavy atom. The van der Waals surface area contributed by atoms with Crippen molar-refractivity contribution in [2.45, 2.75) is 20.0 Å². The molecular weight excluding hydrogens is 389 g/mol. The molecule has 150 valence electrons. The highest BCUT2D eigenvalue weighted by Crippen LogP contribution is 2.39. The monoisotopic (exact) mass is 404 g/mol. The molecule has 29 heavy (non-hydrogen) atoms. The van der Waals surface area contributed by atoms with Gasteiger partial charge in [0.1, 0.15) is 12.1 Å². The van der Waals surface area contributed by atoms with Crippen molar-refractivity contribution in [1.82, 2.24) is 9.97 Å². The van der Waals surface area contributed by atoms with Crippen molar-refractivity contribution in [3.05, 3.63) is 75.6 Å². The number of rotatable bonds is 5. The molecule has 1 aromatic heterocycles. The highest BCUT2D eigenvalue weighted by Gasteiger charge is 2.34. The van der Waals surface area contributed by atoms with Crippen LogP contribution in [0.1, 0.15) is 16.7 Å². The molecule has 0 atom stereocenters. The fourth-order valence-electron chi connectivity index (χ4n) is 2.55. The molecule has 0 saturated carbocycles. The predicted molar refractivity (Wildman–Crippen MR) is 99.4 cm³/mol. The molecule has 0 aliphatic rings. The smallest absolute Gasteiger partial charge is 0.418 e. The molecule has 2 aromatic carbocycles. The van der Waals surface area contributed by atoms with Crippen LogP contribution >= 0.6 is 0 Å². The van der Waals surface area contributed by atoms with Crippen molar-refractivity contribution in [2.75, 3.05) is 5.32 Å². The highest BCUT2D eigenvalue weighted by molar-refractivity contribution is 5.70. The second kappa shape index (κ2) is 7.74. The Morgan fingerprint density at radius 1 is 1.07 bits per heavy atom. The maximum absolute atomic E-state index is 13.2. The Balaban J connectivity index is 2.02. The standard InChI is InChI=1S/C19H15F3N4O3/c1-11-7-8-13(9-12(11)2)29-18-16(26(27)28)17(23-10-24-18)25-15-6-4-3-5-14(15)19(20,21)22/h3-10H,1-2H3,(H,23,24,25). The van der Waals surface area contributed by atoms with Gasteiger partial charge in [-0.05, 0) is 49.2 Å². The molecular formula is C19H15F3N4O3. The number of halogens is 3. The second-order valence-electron chi connectivity index (χ2n) is 6.15. The molecule has 7 nitrogen and oxygen atoms in total. The third kappa shape index (κ3) is 4.42. The molecule has 10 heteroatoms. The Bertz CT molecular complexity index is 1070. The van der Waals surface area contributed by atoms with Gasteiger partial charge in [0, 0.05) is 0 Å². The summed E-state index contributed by atoms with van der Waals surface area (Å²) in [4.78, 5) is 18.3. The van der Waals surface area contributed by atoms with Gasteiger partial charge in [-0.1, -0.05) is 18.2 Å². The van der Waals surface area contributed by atoms with Crippen molar-refractivity contribution in [1.29, 1.82) is 0 Å². The summed E-state index contributed by atoms with van der Waals surface area (Å²) in [6.45, 7) is 3.74. The number of aromatic nitrogens is 2. The number of para-hydroxylation sites is 1. The van der Waals surface area contributed by atoms with E-state index >= 15 is 0 Å². The van der Waals surface area contributed by atoms with Crippen LogP contribution in [-0.4, -0.2) is 14.9 Å². The largest absolute Gasteiger partial charge is 0.434 e. The molecule has 1 N–H and O–H groups in total. The average molecular weight is 404 g/mol. The number of nitrogens with zero attached hydrogens (tertiary/aromatic N) is 3. The maximum Gasteiger partial charge on any atom is 0.418 e. The van der Waals surface area contributed by atoms with E-state index in [1.165, 1.54) is 12.1 Å². The van der Waals surface area contributed by atoms with Gasteiger partial charge >= 0.3 is 17.7 Å². The Morgan fingerprint density at radius 3 is 2.45 bits per heavy atom. The van der Waals surface area contributed by atoms with Crippen molar-refractivity contribution in [2.24, 2.45) is 0 Å². The highest BCUT2D eigenvalue weighted by atomic mass is 19.4. The quantitative estimate of drug-likeness (QED) is 0.443. The summed E-state index contributed by atoms with van der Waals surface area (Å²) in [7, 11) is 0. The molecule has 0 aliphatic carbocycles. The molecule has 0 fully saturated rings. The summed E-state index contributed by atoms with van der Waals surface area (Å²) in [6, 6.07) is 9.66. The van der Waals surface area contributed by atoms with Gasteiger partial charge in [-0.3, -0.25) is 10.1 Å². The van der Waals surface area contributed by atoms with E-state index in [-0.39, 0.29) is 11.6 Å². The van der Waals surface area contributed by atoms with Gasteiger partial charge < -0.3 is 10.1 Å². The van der Waals surface area contributed by atoms with E-state index in [1.807, 2.05) is 13.8 Å². The molecule has 3 aromatic rings. The van der Waals surface area contributed by atoms with Crippen LogP contribution in [0.15, 0.2) is 48.8 Å². The first-order chi connectivity index (χ1) is 13.7. The van der Waals surface area contributed by atoms with Gasteiger partial charge in [0.15, 0.2) is 0 Å². The van der Waals surface area contributed by atoms with Crippen LogP contribution in [0.2, 0.25) is 0 Å². The number of hydrogen-bond donors (Lipinski definition) is 1. The summed E-state index contributed by atoms with van der Waals surface area (Å²) < 4.78 is 45.2. The van der Waals surface area contributed by atoms with Crippen molar-refractivity contribution >= 4 is 17.2 Å². The molecule has 0 unspecified atom stereocenters. The number of anilines is 2. The van der Waals surface area contributed by atoms with Gasteiger partial charge in [0.25, 0.3) is 0 Å². The lowest BCUT2D eigenvalue weighted by molar-refractivity contribution is -0.385. The Hall–Kier alpha value is -3.69. The van der Waals surface area contributed by atoms with E-state index < -0.39 is 28.2 Å². The number of alkyl halides is 3. The van der Waals surface area contributed by atoms with E-state index in [0.29, 0.717) is 5.75 Å². The van der Waals surface area contributed by atoms with Gasteiger partial charge in [-0.25, -0.2) is 4.98 Å². The zero-order chi connectivity index (χ0) is 21.2. The summed E-state index contributed by atoms with van der Waals surface area (Å²) in [5.41, 5.74) is -0.136. The number of nitro groups is 1. The SMILES string of the molecule is Cc1ccc(Oc2ncnc(Nc3ccccc3C(F)(F)F)c2[N+](=O)[O-])cc1C. The summed E-state index contributed by atoms with van der Waals surface area (Å²) in [6.07, 6.45) is -3.67. The topological polar surface area (TPSA) is 90.2 Å². The molecule has 0 aliphatic heterocycles. The fourth-order valence-corrected chi connectivity index (χ4v) is 2.55. The van der Waals surface area contributed by atoms with Crippen LogP contribution in [0.25, 0.3) is 0 Å². The number of ether oxygens (including phenoxy) is 1. The molecule has 0 amide bonds. The van der Waals surface area contributed by atoms with Crippen molar-refractivity contribution < 1.29 is 22.8 Å². The molecule has 3 rings (SSSR count). The number of aryl methyl sites for hydroxylation is 2. The predicted octanol–water partition coefficient (Wildman–Crippen LogP) is 5.56. The van der Waals surface area contributed by atoms with Gasteiger partial charge in [-0.15, -0.1) is 0 Å². The molecule has 0 bridgehead atoms.